The molecule has 1 atom stereocenters. The fourth-order valence-electron chi connectivity index (χ4n) is 2.50. The van der Waals surface area contributed by atoms with Crippen LogP contribution in [-0.4, -0.2) is 36.9 Å². The van der Waals surface area contributed by atoms with Crippen LogP contribution in [0.4, 0.5) is 4.39 Å². The minimum Gasteiger partial charge on any atom is -0.460 e. The third-order valence-electron chi connectivity index (χ3n) is 3.68. The summed E-state index contributed by atoms with van der Waals surface area (Å²) in [6.45, 7) is 7.77. The molecule has 1 aliphatic rings. The Kier molecular flexibility index (Phi) is 8.38. The first-order valence-corrected chi connectivity index (χ1v) is 8.59. The lowest BCUT2D eigenvalue weighted by Crippen LogP contribution is -2.33. The lowest BCUT2D eigenvalue weighted by molar-refractivity contribution is -0.156. The number of ether oxygens (including phenoxy) is 1. The topological polar surface area (TPSA) is 98.5 Å². The quantitative estimate of drug-likeness (QED) is 0.630. The number of carbonyl (C=O) groups is 3. The Balaban J connectivity index is 0.000000263. The van der Waals surface area contributed by atoms with Crippen LogP contribution in [0.5, 0.6) is 0 Å². The van der Waals surface area contributed by atoms with Gasteiger partial charge in [0.2, 0.25) is 5.91 Å². The fourth-order valence-corrected chi connectivity index (χ4v) is 2.50. The van der Waals surface area contributed by atoms with Crippen LogP contribution in [0.25, 0.3) is 0 Å². The number of nitrogens with two attached hydrogens (primary N) is 1. The molecule has 1 amide bonds. The zero-order valence-corrected chi connectivity index (χ0v) is 15.5. The number of piperidine rings is 1. The highest BCUT2D eigenvalue weighted by atomic mass is 19.1. The van der Waals surface area contributed by atoms with E-state index in [-0.39, 0.29) is 22.7 Å². The molecule has 1 aromatic carbocycles. The van der Waals surface area contributed by atoms with Crippen LogP contribution in [0.1, 0.15) is 60.7 Å². The van der Waals surface area contributed by atoms with Crippen molar-refractivity contribution in [2.75, 3.05) is 13.1 Å². The molecule has 0 spiro atoms. The molecule has 0 bridgehead atoms. The molecule has 1 fully saturated rings. The standard InChI is InChI=1S/C11H21NO2.C8H6FNO2/c1-11(2,3)14-10(13)7-9-5-4-6-12-8-9;9-7-2-1-5(8(10)12)3-6(7)4-11/h9,12H,4-8H2,1-3H3;1-4H,(H2,10,12)/t9-;/m1./s1. The second-order valence-electron chi connectivity index (χ2n) is 7.22. The number of aldehydes is 1. The van der Waals surface area contributed by atoms with Gasteiger partial charge in [-0.1, -0.05) is 0 Å². The Bertz CT molecular complexity index is 635. The molecule has 0 saturated carbocycles. The van der Waals surface area contributed by atoms with Crippen molar-refractivity contribution >= 4 is 18.2 Å². The number of nitrogens with one attached hydrogen (secondary N) is 1. The maximum Gasteiger partial charge on any atom is 0.306 e. The van der Waals surface area contributed by atoms with E-state index in [4.69, 9.17) is 10.5 Å². The van der Waals surface area contributed by atoms with Gasteiger partial charge < -0.3 is 15.8 Å². The summed E-state index contributed by atoms with van der Waals surface area (Å²) in [6, 6.07) is 3.37. The predicted molar refractivity (Wildman–Crippen MR) is 96.4 cm³/mol. The average Bonchev–Trinajstić information content (AvgIpc) is 2.54. The van der Waals surface area contributed by atoms with Gasteiger partial charge in [0, 0.05) is 12.0 Å². The van der Waals surface area contributed by atoms with E-state index in [1.807, 2.05) is 20.8 Å². The van der Waals surface area contributed by atoms with Crippen LogP contribution in [-0.2, 0) is 9.53 Å². The predicted octanol–water partition coefficient (Wildman–Crippen LogP) is 2.45. The molecule has 0 aromatic heterocycles. The Labute approximate surface area is 153 Å². The summed E-state index contributed by atoms with van der Waals surface area (Å²) in [5.41, 5.74) is 4.52. The smallest absolute Gasteiger partial charge is 0.306 e. The lowest BCUT2D eigenvalue weighted by Gasteiger charge is -2.24. The minimum absolute atomic E-state index is 0.0637. The molecule has 1 heterocycles. The van der Waals surface area contributed by atoms with Crippen molar-refractivity contribution in [3.05, 3.63) is 35.1 Å². The van der Waals surface area contributed by atoms with Gasteiger partial charge in [0.1, 0.15) is 11.4 Å². The van der Waals surface area contributed by atoms with Crippen LogP contribution < -0.4 is 11.1 Å². The van der Waals surface area contributed by atoms with E-state index in [2.05, 4.69) is 5.32 Å². The van der Waals surface area contributed by atoms with Crippen LogP contribution >= 0.6 is 0 Å². The van der Waals surface area contributed by atoms with Gasteiger partial charge in [0.15, 0.2) is 6.29 Å². The first kappa shape index (κ1) is 21.8. The van der Waals surface area contributed by atoms with Crippen molar-refractivity contribution in [2.24, 2.45) is 11.7 Å². The van der Waals surface area contributed by atoms with Gasteiger partial charge in [-0.3, -0.25) is 14.4 Å². The van der Waals surface area contributed by atoms with Crippen molar-refractivity contribution < 1.29 is 23.5 Å². The number of rotatable bonds is 4. The van der Waals surface area contributed by atoms with Gasteiger partial charge in [-0.2, -0.15) is 0 Å². The van der Waals surface area contributed by atoms with Crippen molar-refractivity contribution in [1.29, 1.82) is 0 Å². The van der Waals surface area contributed by atoms with E-state index < -0.39 is 11.7 Å². The second kappa shape index (κ2) is 10.0. The van der Waals surface area contributed by atoms with Crippen molar-refractivity contribution in [3.63, 3.8) is 0 Å². The van der Waals surface area contributed by atoms with E-state index in [0.717, 1.165) is 31.6 Å². The summed E-state index contributed by atoms with van der Waals surface area (Å²) in [5.74, 6) is -0.932. The number of primary amides is 1. The third kappa shape index (κ3) is 8.20. The van der Waals surface area contributed by atoms with Gasteiger partial charge >= 0.3 is 5.97 Å². The van der Waals surface area contributed by atoms with Crippen molar-refractivity contribution in [2.45, 2.75) is 45.6 Å². The van der Waals surface area contributed by atoms with Gasteiger partial charge in [-0.15, -0.1) is 0 Å². The summed E-state index contributed by atoms with van der Waals surface area (Å²) in [5, 5.41) is 3.30. The number of carbonyl (C=O) groups excluding carboxylic acids is 3. The molecule has 0 radical (unpaired) electrons. The highest BCUT2D eigenvalue weighted by Crippen LogP contribution is 2.17. The summed E-state index contributed by atoms with van der Waals surface area (Å²) in [6.07, 6.45) is 3.21. The Morgan fingerprint density at radius 2 is 2.08 bits per heavy atom. The summed E-state index contributed by atoms with van der Waals surface area (Å²) < 4.78 is 17.9. The van der Waals surface area contributed by atoms with E-state index in [1.165, 1.54) is 12.5 Å². The monoisotopic (exact) mass is 366 g/mol. The molecule has 1 saturated heterocycles. The maximum atomic E-state index is 12.7. The Morgan fingerprint density at radius 3 is 2.58 bits per heavy atom. The number of benzene rings is 1. The number of esters is 1. The maximum absolute atomic E-state index is 12.7. The summed E-state index contributed by atoms with van der Waals surface area (Å²) in [7, 11) is 0. The van der Waals surface area contributed by atoms with E-state index >= 15 is 0 Å². The SMILES string of the molecule is CC(C)(C)OC(=O)C[C@H]1CCCNC1.NC(=O)c1ccc(F)c(C=O)c1. The first-order valence-electron chi connectivity index (χ1n) is 8.59. The Morgan fingerprint density at radius 1 is 1.38 bits per heavy atom. The normalized spacial score (nSPS) is 16.8. The van der Waals surface area contributed by atoms with Gasteiger partial charge in [-0.25, -0.2) is 4.39 Å². The zero-order chi connectivity index (χ0) is 19.7. The van der Waals surface area contributed by atoms with Crippen LogP contribution in [0.15, 0.2) is 18.2 Å². The highest BCUT2D eigenvalue weighted by Gasteiger charge is 2.21. The number of amides is 1. The fraction of sp³-hybridized carbons (Fsp3) is 0.526. The average molecular weight is 366 g/mol. The lowest BCUT2D eigenvalue weighted by atomic mass is 9.96. The molecule has 0 unspecified atom stereocenters. The summed E-state index contributed by atoms with van der Waals surface area (Å²) >= 11 is 0. The molecule has 144 valence electrons. The molecule has 26 heavy (non-hydrogen) atoms. The van der Waals surface area contributed by atoms with Crippen LogP contribution in [0.3, 0.4) is 0 Å². The van der Waals surface area contributed by atoms with Gasteiger partial charge in [-0.05, 0) is 70.8 Å². The summed E-state index contributed by atoms with van der Waals surface area (Å²) in [4.78, 5) is 32.3. The van der Waals surface area contributed by atoms with Gasteiger partial charge in [0.25, 0.3) is 0 Å². The number of hydrogen-bond donors (Lipinski definition) is 2. The molecular formula is C19H27FN2O4. The van der Waals surface area contributed by atoms with Crippen LogP contribution in [0.2, 0.25) is 0 Å². The molecule has 0 aliphatic carbocycles. The molecule has 7 heteroatoms. The first-order chi connectivity index (χ1) is 12.1. The minimum atomic E-state index is -0.682. The third-order valence-corrected chi connectivity index (χ3v) is 3.68. The molecule has 1 aromatic rings. The highest BCUT2D eigenvalue weighted by molar-refractivity contribution is 5.94. The molecular weight excluding hydrogens is 339 g/mol. The second-order valence-corrected chi connectivity index (χ2v) is 7.22. The molecule has 2 rings (SSSR count). The van der Waals surface area contributed by atoms with E-state index in [9.17, 15) is 18.8 Å². The van der Waals surface area contributed by atoms with Crippen molar-refractivity contribution in [3.8, 4) is 0 Å². The van der Waals surface area contributed by atoms with Gasteiger partial charge in [0.05, 0.1) is 5.56 Å². The zero-order valence-electron chi connectivity index (χ0n) is 15.5. The number of hydrogen-bond acceptors (Lipinski definition) is 5. The Hall–Kier alpha value is -2.28. The van der Waals surface area contributed by atoms with E-state index in [0.29, 0.717) is 18.6 Å². The van der Waals surface area contributed by atoms with Crippen molar-refractivity contribution in [1.82, 2.24) is 5.32 Å². The van der Waals surface area contributed by atoms with E-state index in [1.54, 1.807) is 0 Å². The number of halogens is 1. The van der Waals surface area contributed by atoms with Crippen LogP contribution in [0, 0.1) is 11.7 Å². The molecule has 6 nitrogen and oxygen atoms in total. The molecule has 1 aliphatic heterocycles. The largest absolute Gasteiger partial charge is 0.460 e. The molecule has 3 N–H and O–H groups in total.